The van der Waals surface area contributed by atoms with Crippen LogP contribution in [0.1, 0.15) is 43.6 Å². The first kappa shape index (κ1) is 19.6. The lowest BCUT2D eigenvalue weighted by molar-refractivity contribution is -0.135. The van der Waals surface area contributed by atoms with Gasteiger partial charge in [-0.25, -0.2) is 9.97 Å². The van der Waals surface area contributed by atoms with Crippen LogP contribution in [0.25, 0.3) is 0 Å². The molecule has 1 aromatic heterocycles. The molecule has 0 bridgehead atoms. The van der Waals surface area contributed by atoms with Crippen LogP contribution >= 0.6 is 0 Å². The van der Waals surface area contributed by atoms with Crippen molar-refractivity contribution in [2.45, 2.75) is 53.5 Å². The Kier molecular flexibility index (Phi) is 6.76. The number of piperidine rings is 1. The lowest BCUT2D eigenvalue weighted by atomic mass is 10.0. The van der Waals surface area contributed by atoms with Crippen molar-refractivity contribution in [2.75, 3.05) is 33.3 Å². The third kappa shape index (κ3) is 5.39. The zero-order chi connectivity index (χ0) is 18.6. The molecule has 6 nitrogen and oxygen atoms in total. The molecule has 0 radical (unpaired) electrons. The summed E-state index contributed by atoms with van der Waals surface area (Å²) >= 11 is 0. The molecular formula is C19H32N4O2. The molecule has 6 heteroatoms. The van der Waals surface area contributed by atoms with E-state index in [1.54, 1.807) is 0 Å². The Morgan fingerprint density at radius 2 is 1.76 bits per heavy atom. The Bertz CT molecular complexity index is 572. The van der Waals surface area contributed by atoms with E-state index in [1.165, 1.54) is 0 Å². The summed E-state index contributed by atoms with van der Waals surface area (Å²) in [6.45, 7) is 13.6. The minimum absolute atomic E-state index is 0.00928. The van der Waals surface area contributed by atoms with Gasteiger partial charge in [-0.2, -0.15) is 0 Å². The molecule has 0 aliphatic carbocycles. The minimum Gasteiger partial charge on any atom is -0.453 e. The van der Waals surface area contributed by atoms with Crippen LogP contribution in [-0.4, -0.2) is 65.0 Å². The van der Waals surface area contributed by atoms with E-state index in [9.17, 15) is 4.79 Å². The van der Waals surface area contributed by atoms with E-state index in [0.717, 1.165) is 49.4 Å². The summed E-state index contributed by atoms with van der Waals surface area (Å²) in [6.07, 6.45) is 2.04. The molecule has 1 aromatic rings. The van der Waals surface area contributed by atoms with E-state index in [0.29, 0.717) is 12.0 Å². The van der Waals surface area contributed by atoms with Crippen molar-refractivity contribution in [3.63, 3.8) is 0 Å². The Morgan fingerprint density at radius 3 is 2.28 bits per heavy atom. The summed E-state index contributed by atoms with van der Waals surface area (Å²) in [5, 5.41) is 0. The fraction of sp³-hybridized carbons (Fsp3) is 0.737. The molecule has 1 aliphatic rings. The highest BCUT2D eigenvalue weighted by molar-refractivity contribution is 5.77. The van der Waals surface area contributed by atoms with Gasteiger partial charge < -0.3 is 14.5 Å². The highest BCUT2D eigenvalue weighted by Crippen LogP contribution is 2.17. The normalized spacial score (nSPS) is 16.3. The van der Waals surface area contributed by atoms with Crippen LogP contribution in [-0.2, 0) is 4.79 Å². The average Bonchev–Trinajstić information content (AvgIpc) is 2.57. The van der Waals surface area contributed by atoms with Crippen molar-refractivity contribution >= 4 is 5.91 Å². The fourth-order valence-electron chi connectivity index (χ4n) is 3.24. The van der Waals surface area contributed by atoms with Crippen molar-refractivity contribution < 1.29 is 9.53 Å². The van der Waals surface area contributed by atoms with Gasteiger partial charge in [0.25, 0.3) is 5.91 Å². The van der Waals surface area contributed by atoms with Gasteiger partial charge in [0, 0.05) is 44.1 Å². The summed E-state index contributed by atoms with van der Waals surface area (Å²) in [4.78, 5) is 25.4. The average molecular weight is 348 g/mol. The van der Waals surface area contributed by atoms with Gasteiger partial charge in [0.05, 0.1) is 0 Å². The maximum atomic E-state index is 12.4. The fourth-order valence-corrected chi connectivity index (χ4v) is 3.24. The summed E-state index contributed by atoms with van der Waals surface area (Å²) < 4.78 is 5.55. The highest BCUT2D eigenvalue weighted by atomic mass is 16.5. The van der Waals surface area contributed by atoms with Gasteiger partial charge in [-0.3, -0.25) is 4.79 Å². The number of likely N-dealkylation sites (N-methyl/N-ethyl adjacent to an activating group) is 1. The van der Waals surface area contributed by atoms with Crippen LogP contribution in [0.3, 0.4) is 0 Å². The van der Waals surface area contributed by atoms with E-state index >= 15 is 0 Å². The molecule has 1 saturated heterocycles. The van der Waals surface area contributed by atoms with Gasteiger partial charge in [-0.1, -0.05) is 13.8 Å². The van der Waals surface area contributed by atoms with Gasteiger partial charge in [-0.05, 0) is 45.1 Å². The zero-order valence-electron chi connectivity index (χ0n) is 16.5. The van der Waals surface area contributed by atoms with E-state index in [4.69, 9.17) is 4.74 Å². The lowest BCUT2D eigenvalue weighted by Crippen LogP contribution is -2.47. The maximum Gasteiger partial charge on any atom is 0.317 e. The van der Waals surface area contributed by atoms with Gasteiger partial charge in [0.1, 0.15) is 0 Å². The van der Waals surface area contributed by atoms with Crippen molar-refractivity contribution in [1.29, 1.82) is 0 Å². The molecular weight excluding hydrogens is 316 g/mol. The van der Waals surface area contributed by atoms with Gasteiger partial charge in [0.15, 0.2) is 6.61 Å². The van der Waals surface area contributed by atoms with Crippen molar-refractivity contribution in [1.82, 2.24) is 19.8 Å². The summed E-state index contributed by atoms with van der Waals surface area (Å²) in [6, 6.07) is 0.580. The Labute approximate surface area is 151 Å². The van der Waals surface area contributed by atoms with Crippen molar-refractivity contribution in [3.8, 4) is 6.01 Å². The number of likely N-dealkylation sites (tertiary alicyclic amines) is 1. The largest absolute Gasteiger partial charge is 0.453 e. The SMILES string of the molecule is Cc1nc(OCC(=O)N(C)C2CCN(CC(C)C)CC2)nc(C)c1C. The van der Waals surface area contributed by atoms with Gasteiger partial charge in [-0.15, -0.1) is 0 Å². The Morgan fingerprint density at radius 1 is 1.20 bits per heavy atom. The van der Waals surface area contributed by atoms with Crippen LogP contribution in [0, 0.1) is 26.7 Å². The predicted octanol–water partition coefficient (Wildman–Crippen LogP) is 2.36. The second-order valence-electron chi connectivity index (χ2n) is 7.52. The summed E-state index contributed by atoms with van der Waals surface area (Å²) in [5.41, 5.74) is 2.84. The minimum atomic E-state index is -0.0122. The molecule has 0 aromatic carbocycles. The smallest absolute Gasteiger partial charge is 0.317 e. The molecule has 2 heterocycles. The molecule has 0 saturated carbocycles. The first-order chi connectivity index (χ1) is 11.8. The molecule has 0 spiro atoms. The molecule has 0 unspecified atom stereocenters. The van der Waals surface area contributed by atoms with E-state index in [1.807, 2.05) is 32.7 Å². The number of hydrogen-bond donors (Lipinski definition) is 0. The molecule has 0 atom stereocenters. The van der Waals surface area contributed by atoms with E-state index in [2.05, 4.69) is 28.7 Å². The summed E-state index contributed by atoms with van der Waals surface area (Å²) in [7, 11) is 1.88. The van der Waals surface area contributed by atoms with Crippen LogP contribution < -0.4 is 4.74 Å². The van der Waals surface area contributed by atoms with Crippen LogP contribution in [0.15, 0.2) is 0 Å². The molecule has 1 amide bonds. The number of carbonyl (C=O) groups is 1. The zero-order valence-corrected chi connectivity index (χ0v) is 16.5. The molecule has 140 valence electrons. The molecule has 0 N–H and O–H groups in total. The quantitative estimate of drug-likeness (QED) is 0.790. The number of rotatable bonds is 6. The van der Waals surface area contributed by atoms with Crippen molar-refractivity contribution in [3.05, 3.63) is 17.0 Å². The summed E-state index contributed by atoms with van der Waals surface area (Å²) in [5.74, 6) is 0.674. The second-order valence-corrected chi connectivity index (χ2v) is 7.52. The first-order valence-electron chi connectivity index (χ1n) is 9.20. The monoisotopic (exact) mass is 348 g/mol. The number of nitrogens with zero attached hydrogens (tertiary/aromatic N) is 4. The topological polar surface area (TPSA) is 58.6 Å². The molecule has 1 fully saturated rings. The Balaban J connectivity index is 1.83. The third-order valence-corrected chi connectivity index (χ3v) is 5.06. The third-order valence-electron chi connectivity index (χ3n) is 5.06. The number of ether oxygens (including phenoxy) is 1. The standard InChI is InChI=1S/C19H32N4O2/c1-13(2)11-23-9-7-17(8-10-23)22(6)18(24)12-25-19-20-15(4)14(3)16(5)21-19/h13,17H,7-12H2,1-6H3. The molecule has 25 heavy (non-hydrogen) atoms. The number of carbonyl (C=O) groups excluding carboxylic acids is 1. The number of aromatic nitrogens is 2. The van der Waals surface area contributed by atoms with Crippen LogP contribution in [0.2, 0.25) is 0 Å². The van der Waals surface area contributed by atoms with Crippen LogP contribution in [0.5, 0.6) is 6.01 Å². The molecule has 2 rings (SSSR count). The number of aryl methyl sites for hydroxylation is 2. The lowest BCUT2D eigenvalue weighted by Gasteiger charge is -2.37. The maximum absolute atomic E-state index is 12.4. The van der Waals surface area contributed by atoms with E-state index in [-0.39, 0.29) is 18.5 Å². The van der Waals surface area contributed by atoms with Crippen LogP contribution in [0.4, 0.5) is 0 Å². The second kappa shape index (κ2) is 8.61. The predicted molar refractivity (Wildman–Crippen MR) is 98.8 cm³/mol. The van der Waals surface area contributed by atoms with E-state index < -0.39 is 0 Å². The Hall–Kier alpha value is -1.69. The van der Waals surface area contributed by atoms with Gasteiger partial charge in [0.2, 0.25) is 0 Å². The number of hydrogen-bond acceptors (Lipinski definition) is 5. The first-order valence-corrected chi connectivity index (χ1v) is 9.20. The van der Waals surface area contributed by atoms with Gasteiger partial charge >= 0.3 is 6.01 Å². The molecule has 1 aliphatic heterocycles. The highest BCUT2D eigenvalue weighted by Gasteiger charge is 2.25. The van der Waals surface area contributed by atoms with Crippen molar-refractivity contribution in [2.24, 2.45) is 5.92 Å². The number of amides is 1.